The van der Waals surface area contributed by atoms with Gasteiger partial charge in [0.25, 0.3) is 0 Å². The Morgan fingerprint density at radius 2 is 2.03 bits per heavy atom. The molecule has 1 aliphatic heterocycles. The summed E-state index contributed by atoms with van der Waals surface area (Å²) in [7, 11) is 1.44. The molecule has 30 heavy (non-hydrogen) atoms. The molecule has 3 N–H and O–H groups in total. The Hall–Kier alpha value is -2.75. The first-order chi connectivity index (χ1) is 14.2. The molecule has 0 bridgehead atoms. The molecule has 4 rings (SSSR count). The van der Waals surface area contributed by atoms with Crippen LogP contribution in [0.1, 0.15) is 49.3 Å². The average molecular weight is 443 g/mol. The minimum absolute atomic E-state index is 0.0317. The van der Waals surface area contributed by atoms with E-state index in [1.54, 1.807) is 12.1 Å². The summed E-state index contributed by atoms with van der Waals surface area (Å²) in [6, 6.07) is 7.41. The minimum Gasteiger partial charge on any atom is -0.480 e. The van der Waals surface area contributed by atoms with Crippen LogP contribution in [0.3, 0.4) is 0 Å². The third kappa shape index (κ3) is 3.19. The molecular weight excluding hydrogens is 423 g/mol. The standard InChI is InChI=1S/C22H20Cl2N4O2/c1-22(2)7-14-17(15(29)8-22)16(10-4-5-12(23)13(24)6-10)18-19(27-14)11(9-25)21(30-3)28-20(18)26/h4-6,16,27H,7-8H2,1-3H3,(H2,26,28). The van der Waals surface area contributed by atoms with Gasteiger partial charge < -0.3 is 15.8 Å². The van der Waals surface area contributed by atoms with Gasteiger partial charge in [0.05, 0.1) is 22.8 Å². The number of methoxy groups -OCH3 is 1. The number of fused-ring (bicyclic) bond motifs is 1. The largest absolute Gasteiger partial charge is 0.480 e. The van der Waals surface area contributed by atoms with Crippen molar-refractivity contribution in [3.8, 4) is 11.9 Å². The number of aromatic nitrogens is 1. The van der Waals surface area contributed by atoms with Crippen molar-refractivity contribution in [1.29, 1.82) is 5.26 Å². The molecule has 0 fully saturated rings. The molecule has 154 valence electrons. The van der Waals surface area contributed by atoms with E-state index >= 15 is 0 Å². The van der Waals surface area contributed by atoms with Crippen LogP contribution in [0, 0.1) is 16.7 Å². The van der Waals surface area contributed by atoms with E-state index in [0.717, 1.165) is 11.3 Å². The summed E-state index contributed by atoms with van der Waals surface area (Å²) in [4.78, 5) is 17.6. The van der Waals surface area contributed by atoms with Crippen molar-refractivity contribution >= 4 is 40.5 Å². The first kappa shape index (κ1) is 20.5. The quantitative estimate of drug-likeness (QED) is 0.674. The number of anilines is 2. The van der Waals surface area contributed by atoms with Gasteiger partial charge in [0, 0.05) is 29.2 Å². The third-order valence-corrected chi connectivity index (χ3v) is 6.33. The second-order valence-corrected chi connectivity index (χ2v) is 9.16. The molecule has 1 aliphatic carbocycles. The zero-order valence-corrected chi connectivity index (χ0v) is 18.3. The zero-order chi connectivity index (χ0) is 21.8. The summed E-state index contributed by atoms with van der Waals surface area (Å²) < 4.78 is 5.28. The van der Waals surface area contributed by atoms with Crippen molar-refractivity contribution < 1.29 is 9.53 Å². The number of hydrogen-bond donors (Lipinski definition) is 2. The van der Waals surface area contributed by atoms with Crippen molar-refractivity contribution in [1.82, 2.24) is 4.98 Å². The number of nitrogens with one attached hydrogen (secondary N) is 1. The van der Waals surface area contributed by atoms with Crippen molar-refractivity contribution in [3.05, 3.63) is 56.2 Å². The summed E-state index contributed by atoms with van der Waals surface area (Å²) >= 11 is 12.4. The smallest absolute Gasteiger partial charge is 0.235 e. The van der Waals surface area contributed by atoms with Crippen LogP contribution in [0.4, 0.5) is 11.5 Å². The highest BCUT2D eigenvalue weighted by atomic mass is 35.5. The highest BCUT2D eigenvalue weighted by molar-refractivity contribution is 6.42. The number of halogens is 2. The minimum atomic E-state index is -0.514. The number of nitriles is 1. The highest BCUT2D eigenvalue weighted by Gasteiger charge is 2.43. The van der Waals surface area contributed by atoms with Crippen molar-refractivity contribution in [2.24, 2.45) is 5.41 Å². The molecule has 2 heterocycles. The number of ether oxygens (including phenoxy) is 1. The maximum atomic E-state index is 13.3. The molecule has 1 unspecified atom stereocenters. The Kier molecular flexibility index (Phi) is 4.92. The SMILES string of the molecule is COc1nc(N)c2c(c1C#N)NC1=C(C(=O)CC(C)(C)C1)C2c1ccc(Cl)c(Cl)c1. The molecule has 1 aromatic carbocycles. The van der Waals surface area contributed by atoms with Gasteiger partial charge in [0.15, 0.2) is 5.78 Å². The molecule has 2 aromatic rings. The predicted molar refractivity (Wildman–Crippen MR) is 117 cm³/mol. The van der Waals surface area contributed by atoms with Gasteiger partial charge in [-0.3, -0.25) is 4.79 Å². The normalized spacial score (nSPS) is 19.5. The molecule has 0 radical (unpaired) electrons. The molecule has 6 nitrogen and oxygen atoms in total. The number of nitrogen functional groups attached to an aromatic ring is 1. The van der Waals surface area contributed by atoms with E-state index in [1.165, 1.54) is 7.11 Å². The molecule has 0 saturated heterocycles. The number of hydrogen-bond acceptors (Lipinski definition) is 6. The molecule has 0 saturated carbocycles. The molecule has 0 spiro atoms. The number of nitrogens with two attached hydrogens (primary N) is 1. The van der Waals surface area contributed by atoms with E-state index in [1.807, 2.05) is 19.9 Å². The van der Waals surface area contributed by atoms with Crippen molar-refractivity contribution in [2.75, 3.05) is 18.2 Å². The number of carbonyl (C=O) groups excluding carboxylic acids is 1. The van der Waals surface area contributed by atoms with E-state index in [4.69, 9.17) is 33.7 Å². The number of benzene rings is 1. The second-order valence-electron chi connectivity index (χ2n) is 8.35. The average Bonchev–Trinajstić information content (AvgIpc) is 2.67. The van der Waals surface area contributed by atoms with Crippen LogP contribution in [0.2, 0.25) is 10.0 Å². The van der Waals surface area contributed by atoms with Gasteiger partial charge in [-0.1, -0.05) is 43.1 Å². The second kappa shape index (κ2) is 7.19. The van der Waals surface area contributed by atoms with E-state index in [0.29, 0.717) is 39.7 Å². The van der Waals surface area contributed by atoms with E-state index in [-0.39, 0.29) is 28.5 Å². The van der Waals surface area contributed by atoms with Gasteiger partial charge in [-0.05, 0) is 29.5 Å². The van der Waals surface area contributed by atoms with Gasteiger partial charge >= 0.3 is 0 Å². The number of ketones is 1. The first-order valence-electron chi connectivity index (χ1n) is 9.42. The molecule has 1 atom stereocenters. The van der Waals surface area contributed by atoms with Crippen LogP contribution >= 0.6 is 23.2 Å². The molecule has 8 heteroatoms. The van der Waals surface area contributed by atoms with E-state index in [2.05, 4.69) is 16.4 Å². The van der Waals surface area contributed by atoms with Crippen molar-refractivity contribution in [3.63, 3.8) is 0 Å². The number of pyridine rings is 1. The third-order valence-electron chi connectivity index (χ3n) is 5.59. The highest BCUT2D eigenvalue weighted by Crippen LogP contribution is 2.52. The lowest BCUT2D eigenvalue weighted by Crippen LogP contribution is -2.34. The van der Waals surface area contributed by atoms with Gasteiger partial charge in [-0.25, -0.2) is 0 Å². The molecular formula is C22H20Cl2N4O2. The van der Waals surface area contributed by atoms with Crippen LogP contribution in [0.25, 0.3) is 0 Å². The van der Waals surface area contributed by atoms with E-state index in [9.17, 15) is 10.1 Å². The lowest BCUT2D eigenvalue weighted by Gasteiger charge is -2.40. The summed E-state index contributed by atoms with van der Waals surface area (Å²) in [6.45, 7) is 4.10. The molecule has 2 aliphatic rings. The van der Waals surface area contributed by atoms with Gasteiger partial charge in [0.1, 0.15) is 17.5 Å². The number of allylic oxidation sites excluding steroid dienone is 2. The lowest BCUT2D eigenvalue weighted by atomic mass is 9.68. The topological polar surface area (TPSA) is 101 Å². The predicted octanol–water partition coefficient (Wildman–Crippen LogP) is 5.05. The lowest BCUT2D eigenvalue weighted by molar-refractivity contribution is -0.118. The maximum Gasteiger partial charge on any atom is 0.235 e. The Morgan fingerprint density at radius 1 is 1.30 bits per heavy atom. The van der Waals surface area contributed by atoms with Gasteiger partial charge in [0.2, 0.25) is 5.88 Å². The maximum absolute atomic E-state index is 13.3. The first-order valence-corrected chi connectivity index (χ1v) is 10.2. The summed E-state index contributed by atoms with van der Waals surface area (Å²) in [5.74, 6) is -0.155. The van der Waals surface area contributed by atoms with Gasteiger partial charge in [-0.15, -0.1) is 0 Å². The Labute approximate surface area is 184 Å². The fraction of sp³-hybridized carbons (Fsp3) is 0.318. The van der Waals surface area contributed by atoms with Crippen LogP contribution in [-0.4, -0.2) is 17.9 Å². The Bertz CT molecular complexity index is 1160. The molecule has 1 aromatic heterocycles. The fourth-order valence-electron chi connectivity index (χ4n) is 4.37. The number of carbonyl (C=O) groups is 1. The number of Topliss-reactive ketones (excluding diaryl/α,β-unsaturated/α-hetero) is 1. The summed E-state index contributed by atoms with van der Waals surface area (Å²) in [5, 5.41) is 13.9. The van der Waals surface area contributed by atoms with Gasteiger partial charge in [-0.2, -0.15) is 10.2 Å². The van der Waals surface area contributed by atoms with Crippen LogP contribution in [0.5, 0.6) is 5.88 Å². The van der Waals surface area contributed by atoms with Crippen molar-refractivity contribution in [2.45, 2.75) is 32.6 Å². The monoisotopic (exact) mass is 442 g/mol. The molecule has 0 amide bonds. The van der Waals surface area contributed by atoms with E-state index < -0.39 is 5.92 Å². The Morgan fingerprint density at radius 3 is 2.67 bits per heavy atom. The zero-order valence-electron chi connectivity index (χ0n) is 16.8. The number of nitrogens with zero attached hydrogens (tertiary/aromatic N) is 2. The number of rotatable bonds is 2. The van der Waals surface area contributed by atoms with Crippen LogP contribution < -0.4 is 15.8 Å². The fourth-order valence-corrected chi connectivity index (χ4v) is 4.68. The Balaban J connectivity index is 2.05. The van der Waals surface area contributed by atoms with Crippen LogP contribution in [-0.2, 0) is 4.79 Å². The summed E-state index contributed by atoms with van der Waals surface area (Å²) in [5.41, 5.74) is 9.61. The summed E-state index contributed by atoms with van der Waals surface area (Å²) in [6.07, 6.45) is 1.07. The van der Waals surface area contributed by atoms with Crippen LogP contribution in [0.15, 0.2) is 29.5 Å².